The summed E-state index contributed by atoms with van der Waals surface area (Å²) in [6, 6.07) is 12.1. The summed E-state index contributed by atoms with van der Waals surface area (Å²) in [5, 5.41) is 31.6. The third kappa shape index (κ3) is 6.63. The Morgan fingerprint density at radius 2 is 1.83 bits per heavy atom. The number of aromatic hydroxyl groups is 1. The van der Waals surface area contributed by atoms with Crippen molar-refractivity contribution in [3.63, 3.8) is 0 Å². The van der Waals surface area contributed by atoms with E-state index in [2.05, 4.69) is 13.5 Å². The molecule has 0 bridgehead atoms. The SMILES string of the molecule is C=C[C@H]([C@H](O)CC/C(=C/c1ccc(O)cc1Cl)CCC)[C@H](O)c1ccc(OC)cc1. The lowest BCUT2D eigenvalue weighted by Gasteiger charge is -2.25. The molecule has 3 N–H and O–H groups in total. The van der Waals surface area contributed by atoms with Crippen LogP contribution < -0.4 is 4.74 Å². The van der Waals surface area contributed by atoms with Gasteiger partial charge in [-0.25, -0.2) is 0 Å². The molecule has 0 fully saturated rings. The standard InChI is InChI=1S/C25H31ClO4/c1-4-6-17(15-19-8-11-20(27)16-23(19)26)7-14-24(28)22(5-2)25(29)18-9-12-21(30-3)13-10-18/h5,8-13,15-16,22,24-25,27-29H,2,4,6-7,14H2,1,3H3/b17-15+/t22-,24-,25-/m1/s1. The molecule has 2 aromatic rings. The van der Waals surface area contributed by atoms with Crippen LogP contribution >= 0.6 is 11.6 Å². The molecule has 0 saturated heterocycles. The number of aliphatic hydroxyl groups excluding tert-OH is 2. The highest BCUT2D eigenvalue weighted by molar-refractivity contribution is 6.32. The van der Waals surface area contributed by atoms with Crippen LogP contribution in [0.4, 0.5) is 0 Å². The number of phenols is 1. The molecule has 5 heteroatoms. The van der Waals surface area contributed by atoms with Crippen molar-refractivity contribution < 1.29 is 20.1 Å². The van der Waals surface area contributed by atoms with Crippen LogP contribution in [0.3, 0.4) is 0 Å². The molecule has 30 heavy (non-hydrogen) atoms. The van der Waals surface area contributed by atoms with Gasteiger partial charge < -0.3 is 20.1 Å². The molecule has 0 unspecified atom stereocenters. The molecule has 0 radical (unpaired) electrons. The minimum Gasteiger partial charge on any atom is -0.508 e. The van der Waals surface area contributed by atoms with Crippen molar-refractivity contribution in [3.8, 4) is 11.5 Å². The van der Waals surface area contributed by atoms with Gasteiger partial charge in [0.25, 0.3) is 0 Å². The number of ether oxygens (including phenoxy) is 1. The highest BCUT2D eigenvalue weighted by Gasteiger charge is 2.25. The average molecular weight is 431 g/mol. The van der Waals surface area contributed by atoms with Gasteiger partial charge in [-0.3, -0.25) is 0 Å². The molecule has 0 heterocycles. The fraction of sp³-hybridized carbons (Fsp3) is 0.360. The minimum absolute atomic E-state index is 0.131. The van der Waals surface area contributed by atoms with Gasteiger partial charge in [-0.05, 0) is 60.7 Å². The highest BCUT2D eigenvalue weighted by atomic mass is 35.5. The van der Waals surface area contributed by atoms with Crippen LogP contribution in [0, 0.1) is 5.92 Å². The first-order chi connectivity index (χ1) is 14.4. The third-order valence-corrected chi connectivity index (χ3v) is 5.54. The van der Waals surface area contributed by atoms with Crippen LogP contribution in [0.1, 0.15) is 49.8 Å². The Balaban J connectivity index is 2.09. The summed E-state index contributed by atoms with van der Waals surface area (Å²) in [6.07, 6.45) is 5.04. The second kappa shape index (κ2) is 11.8. The second-order valence-electron chi connectivity index (χ2n) is 7.40. The molecular weight excluding hydrogens is 400 g/mol. The fourth-order valence-corrected chi connectivity index (χ4v) is 3.72. The summed E-state index contributed by atoms with van der Waals surface area (Å²) in [7, 11) is 1.59. The number of allylic oxidation sites excluding steroid dienone is 1. The molecule has 2 rings (SSSR count). The largest absolute Gasteiger partial charge is 0.508 e. The maximum atomic E-state index is 10.8. The number of rotatable bonds is 11. The second-order valence-corrected chi connectivity index (χ2v) is 7.80. The van der Waals surface area contributed by atoms with Crippen LogP contribution in [0.5, 0.6) is 11.5 Å². The van der Waals surface area contributed by atoms with Crippen molar-refractivity contribution in [1.82, 2.24) is 0 Å². The first-order valence-corrected chi connectivity index (χ1v) is 10.6. The van der Waals surface area contributed by atoms with E-state index in [4.69, 9.17) is 16.3 Å². The predicted molar refractivity (Wildman–Crippen MR) is 123 cm³/mol. The van der Waals surface area contributed by atoms with Gasteiger partial charge >= 0.3 is 0 Å². The van der Waals surface area contributed by atoms with Crippen LogP contribution in [-0.2, 0) is 0 Å². The normalized spacial score (nSPS) is 14.8. The first-order valence-electron chi connectivity index (χ1n) is 10.2. The van der Waals surface area contributed by atoms with Gasteiger partial charge in [0.15, 0.2) is 0 Å². The molecule has 2 aromatic carbocycles. The Morgan fingerprint density at radius 1 is 1.13 bits per heavy atom. The molecule has 0 aliphatic carbocycles. The van der Waals surface area contributed by atoms with Crippen molar-refractivity contribution >= 4 is 17.7 Å². The van der Waals surface area contributed by atoms with E-state index in [1.165, 1.54) is 6.07 Å². The molecule has 4 nitrogen and oxygen atoms in total. The summed E-state index contributed by atoms with van der Waals surface area (Å²) in [5.74, 6) is 0.355. The van der Waals surface area contributed by atoms with E-state index < -0.39 is 18.1 Å². The lowest BCUT2D eigenvalue weighted by Crippen LogP contribution is -2.25. The first kappa shape index (κ1) is 24.0. The van der Waals surface area contributed by atoms with Gasteiger partial charge in [0.05, 0.1) is 24.3 Å². The van der Waals surface area contributed by atoms with E-state index in [1.807, 2.05) is 6.08 Å². The fourth-order valence-electron chi connectivity index (χ4n) is 3.49. The van der Waals surface area contributed by atoms with Crippen molar-refractivity contribution in [2.24, 2.45) is 5.92 Å². The van der Waals surface area contributed by atoms with Gasteiger partial charge in [-0.2, -0.15) is 0 Å². The lowest BCUT2D eigenvalue weighted by atomic mass is 9.87. The third-order valence-electron chi connectivity index (χ3n) is 5.21. The van der Waals surface area contributed by atoms with Gasteiger partial charge in [-0.1, -0.05) is 54.8 Å². The summed E-state index contributed by atoms with van der Waals surface area (Å²) in [4.78, 5) is 0. The van der Waals surface area contributed by atoms with E-state index in [9.17, 15) is 15.3 Å². The number of hydrogen-bond donors (Lipinski definition) is 3. The Morgan fingerprint density at radius 3 is 2.40 bits per heavy atom. The van der Waals surface area contributed by atoms with Crippen molar-refractivity contribution in [2.45, 2.75) is 44.8 Å². The zero-order valence-corrected chi connectivity index (χ0v) is 18.3. The topological polar surface area (TPSA) is 69.9 Å². The van der Waals surface area contributed by atoms with Crippen LogP contribution in [0.2, 0.25) is 5.02 Å². The quantitative estimate of drug-likeness (QED) is 0.387. The molecule has 0 aromatic heterocycles. The molecule has 0 aliphatic heterocycles. The lowest BCUT2D eigenvalue weighted by molar-refractivity contribution is 0.0318. The monoisotopic (exact) mass is 430 g/mol. The summed E-state index contributed by atoms with van der Waals surface area (Å²) < 4.78 is 5.15. The van der Waals surface area contributed by atoms with Gasteiger partial charge in [-0.15, -0.1) is 6.58 Å². The number of benzene rings is 2. The zero-order chi connectivity index (χ0) is 22.1. The Labute approximate surface area is 184 Å². The minimum atomic E-state index is -0.853. The Kier molecular flexibility index (Phi) is 9.44. The average Bonchev–Trinajstić information content (AvgIpc) is 2.74. The molecule has 0 spiro atoms. The van der Waals surface area contributed by atoms with Crippen LogP contribution in [0.15, 0.2) is 60.7 Å². The Bertz CT molecular complexity index is 845. The van der Waals surface area contributed by atoms with E-state index in [0.717, 1.165) is 24.0 Å². The molecule has 0 saturated carbocycles. The van der Waals surface area contributed by atoms with Crippen molar-refractivity contribution in [2.75, 3.05) is 7.11 Å². The number of halogens is 1. The summed E-state index contributed by atoms with van der Waals surface area (Å²) >= 11 is 6.23. The molecule has 162 valence electrons. The van der Waals surface area contributed by atoms with Gasteiger partial charge in [0, 0.05) is 5.92 Å². The van der Waals surface area contributed by atoms with Crippen molar-refractivity contribution in [3.05, 3.63) is 76.8 Å². The van der Waals surface area contributed by atoms with Crippen LogP contribution in [-0.4, -0.2) is 28.5 Å². The van der Waals surface area contributed by atoms with E-state index in [0.29, 0.717) is 29.2 Å². The molecule has 3 atom stereocenters. The van der Waals surface area contributed by atoms with E-state index in [-0.39, 0.29) is 5.75 Å². The van der Waals surface area contributed by atoms with Crippen molar-refractivity contribution in [1.29, 1.82) is 0 Å². The summed E-state index contributed by atoms with van der Waals surface area (Å²) in [6.45, 7) is 5.91. The van der Waals surface area contributed by atoms with Crippen LogP contribution in [0.25, 0.3) is 6.08 Å². The smallest absolute Gasteiger partial charge is 0.118 e. The zero-order valence-electron chi connectivity index (χ0n) is 17.6. The van der Waals surface area contributed by atoms with E-state index in [1.54, 1.807) is 49.6 Å². The Hall–Kier alpha value is -2.27. The maximum Gasteiger partial charge on any atom is 0.118 e. The number of hydrogen-bond acceptors (Lipinski definition) is 4. The number of aliphatic hydroxyl groups is 2. The maximum absolute atomic E-state index is 10.8. The van der Waals surface area contributed by atoms with E-state index >= 15 is 0 Å². The van der Waals surface area contributed by atoms with Gasteiger partial charge in [0.1, 0.15) is 11.5 Å². The molecular formula is C25H31ClO4. The number of phenolic OH excluding ortho intramolecular Hbond substituents is 1. The van der Waals surface area contributed by atoms with Gasteiger partial charge in [0.2, 0.25) is 0 Å². The molecule has 0 aliphatic rings. The summed E-state index contributed by atoms with van der Waals surface area (Å²) in [5.41, 5.74) is 2.71. The number of methoxy groups -OCH3 is 1. The molecule has 0 amide bonds. The predicted octanol–water partition coefficient (Wildman–Crippen LogP) is 5.91. The highest BCUT2D eigenvalue weighted by Crippen LogP contribution is 2.31.